The molecule has 0 aliphatic heterocycles. The molecule has 7 heteroatoms. The maximum absolute atomic E-state index is 13.3. The lowest BCUT2D eigenvalue weighted by molar-refractivity contribution is 0.261. The van der Waals surface area contributed by atoms with Crippen molar-refractivity contribution in [2.45, 2.75) is 6.61 Å². The first-order chi connectivity index (χ1) is 9.38. The quantitative estimate of drug-likeness (QED) is 0.533. The summed E-state index contributed by atoms with van der Waals surface area (Å²) >= 11 is 0. The molecule has 0 spiro atoms. The number of hydrogen-bond donors (Lipinski definition) is 1. The first-order valence-corrected chi connectivity index (χ1v) is 5.39. The Kier molecular flexibility index (Phi) is 3.78. The molecule has 2 N–H and O–H groups in total. The zero-order valence-corrected chi connectivity index (χ0v) is 9.89. The number of rotatable bonds is 3. The van der Waals surface area contributed by atoms with E-state index in [-0.39, 0.29) is 17.3 Å². The van der Waals surface area contributed by atoms with E-state index in [4.69, 9.17) is 5.73 Å². The fraction of sp³-hybridized carbons (Fsp3) is 0.0769. The molecule has 0 heterocycles. The van der Waals surface area contributed by atoms with Gasteiger partial charge in [0.05, 0.1) is 0 Å². The van der Waals surface area contributed by atoms with Crippen molar-refractivity contribution >= 4 is 5.69 Å². The molecule has 0 saturated heterocycles. The SMILES string of the molecule is Nc1cc(F)cc(COc2c(F)c(F)cc(F)c2F)c1. The summed E-state index contributed by atoms with van der Waals surface area (Å²) in [4.78, 5) is 0. The second kappa shape index (κ2) is 5.36. The molecule has 0 fully saturated rings. The Morgan fingerprint density at radius 2 is 1.45 bits per heavy atom. The van der Waals surface area contributed by atoms with Crippen molar-refractivity contribution in [2.24, 2.45) is 0 Å². The Balaban J connectivity index is 2.27. The van der Waals surface area contributed by atoms with Gasteiger partial charge in [-0.25, -0.2) is 13.2 Å². The van der Waals surface area contributed by atoms with E-state index in [1.807, 2.05) is 0 Å². The van der Waals surface area contributed by atoms with Crippen LogP contribution in [0, 0.1) is 29.1 Å². The minimum absolute atomic E-state index is 0.0672. The number of hydrogen-bond acceptors (Lipinski definition) is 2. The van der Waals surface area contributed by atoms with Crippen molar-refractivity contribution in [3.63, 3.8) is 0 Å². The number of benzene rings is 2. The van der Waals surface area contributed by atoms with Gasteiger partial charge in [-0.3, -0.25) is 0 Å². The van der Waals surface area contributed by atoms with Crippen LogP contribution < -0.4 is 10.5 Å². The van der Waals surface area contributed by atoms with E-state index in [9.17, 15) is 22.0 Å². The predicted octanol–water partition coefficient (Wildman–Crippen LogP) is 3.54. The average molecular weight is 289 g/mol. The van der Waals surface area contributed by atoms with Gasteiger partial charge in [-0.05, 0) is 23.8 Å². The molecule has 0 saturated carbocycles. The van der Waals surface area contributed by atoms with Gasteiger partial charge >= 0.3 is 0 Å². The van der Waals surface area contributed by atoms with Crippen LogP contribution in [0.3, 0.4) is 0 Å². The molecule has 0 unspecified atom stereocenters. The third-order valence-corrected chi connectivity index (χ3v) is 2.43. The van der Waals surface area contributed by atoms with Gasteiger partial charge in [0.25, 0.3) is 0 Å². The molecule has 0 aliphatic carbocycles. The van der Waals surface area contributed by atoms with Gasteiger partial charge in [0, 0.05) is 11.8 Å². The highest BCUT2D eigenvalue weighted by molar-refractivity contribution is 5.41. The van der Waals surface area contributed by atoms with Crippen LogP contribution in [-0.4, -0.2) is 0 Å². The van der Waals surface area contributed by atoms with Crippen LogP contribution in [0.5, 0.6) is 5.75 Å². The van der Waals surface area contributed by atoms with Crippen molar-refractivity contribution in [1.82, 2.24) is 0 Å². The highest BCUT2D eigenvalue weighted by Crippen LogP contribution is 2.27. The van der Waals surface area contributed by atoms with E-state index < -0.39 is 41.4 Å². The molecule has 2 nitrogen and oxygen atoms in total. The summed E-state index contributed by atoms with van der Waals surface area (Å²) in [7, 11) is 0. The van der Waals surface area contributed by atoms with E-state index in [0.29, 0.717) is 0 Å². The van der Waals surface area contributed by atoms with Gasteiger partial charge in [0.1, 0.15) is 12.4 Å². The van der Waals surface area contributed by atoms with Crippen molar-refractivity contribution in [1.29, 1.82) is 0 Å². The molecule has 0 atom stereocenters. The van der Waals surface area contributed by atoms with Gasteiger partial charge in [-0.1, -0.05) is 0 Å². The maximum Gasteiger partial charge on any atom is 0.203 e. The van der Waals surface area contributed by atoms with E-state index in [0.717, 1.165) is 12.1 Å². The maximum atomic E-state index is 13.3. The summed E-state index contributed by atoms with van der Waals surface area (Å²) in [5.74, 6) is -8.36. The Hall–Kier alpha value is -2.31. The van der Waals surface area contributed by atoms with E-state index in [2.05, 4.69) is 4.74 Å². The van der Waals surface area contributed by atoms with Crippen molar-refractivity contribution in [3.8, 4) is 5.75 Å². The van der Waals surface area contributed by atoms with Crippen LogP contribution >= 0.6 is 0 Å². The van der Waals surface area contributed by atoms with Gasteiger partial charge in [0.2, 0.25) is 11.6 Å². The predicted molar refractivity (Wildman–Crippen MR) is 61.4 cm³/mol. The number of nitrogen functional groups attached to an aromatic ring is 1. The molecular weight excluding hydrogens is 281 g/mol. The smallest absolute Gasteiger partial charge is 0.203 e. The van der Waals surface area contributed by atoms with Gasteiger partial charge in [-0.2, -0.15) is 8.78 Å². The summed E-state index contributed by atoms with van der Waals surface area (Å²) in [6.07, 6.45) is 0. The third kappa shape index (κ3) is 2.81. The molecule has 2 aromatic rings. The van der Waals surface area contributed by atoms with Crippen molar-refractivity contribution in [2.75, 3.05) is 5.73 Å². The molecule has 0 amide bonds. The lowest BCUT2D eigenvalue weighted by Gasteiger charge is -2.10. The molecular formula is C13H8F5NO. The molecule has 2 rings (SSSR count). The van der Waals surface area contributed by atoms with Crippen LogP contribution in [0.15, 0.2) is 24.3 Å². The monoisotopic (exact) mass is 289 g/mol. The average Bonchev–Trinajstić information content (AvgIpc) is 2.35. The fourth-order valence-electron chi connectivity index (χ4n) is 1.59. The normalized spacial score (nSPS) is 10.7. The molecule has 0 bridgehead atoms. The topological polar surface area (TPSA) is 35.2 Å². The summed E-state index contributed by atoms with van der Waals surface area (Å²) in [6.45, 7) is -0.501. The number of halogens is 5. The number of nitrogens with two attached hydrogens (primary N) is 1. The highest BCUT2D eigenvalue weighted by Gasteiger charge is 2.20. The zero-order valence-electron chi connectivity index (χ0n) is 9.89. The Morgan fingerprint density at radius 3 is 2.00 bits per heavy atom. The molecule has 106 valence electrons. The molecule has 20 heavy (non-hydrogen) atoms. The van der Waals surface area contributed by atoms with Gasteiger partial charge in [0.15, 0.2) is 17.4 Å². The number of ether oxygens (including phenoxy) is 1. The summed E-state index contributed by atoms with van der Waals surface area (Å²) in [6, 6.07) is 3.42. The Labute approximate surface area is 110 Å². The van der Waals surface area contributed by atoms with Crippen LogP contribution in [0.25, 0.3) is 0 Å². The first kappa shape index (κ1) is 14.1. The summed E-state index contributed by atoms with van der Waals surface area (Å²) in [5.41, 5.74) is 5.61. The summed E-state index contributed by atoms with van der Waals surface area (Å²) in [5, 5.41) is 0. The Morgan fingerprint density at radius 1 is 0.850 bits per heavy atom. The minimum Gasteiger partial charge on any atom is -0.483 e. The summed E-state index contributed by atoms with van der Waals surface area (Å²) < 4.78 is 70.2. The molecule has 2 aromatic carbocycles. The zero-order chi connectivity index (χ0) is 14.9. The first-order valence-electron chi connectivity index (χ1n) is 5.39. The van der Waals surface area contributed by atoms with Crippen LogP contribution in [0.1, 0.15) is 5.56 Å². The van der Waals surface area contributed by atoms with Gasteiger partial charge < -0.3 is 10.5 Å². The van der Waals surface area contributed by atoms with Crippen LogP contribution in [-0.2, 0) is 6.61 Å². The second-order valence-corrected chi connectivity index (χ2v) is 3.98. The largest absolute Gasteiger partial charge is 0.483 e. The van der Waals surface area contributed by atoms with Gasteiger partial charge in [-0.15, -0.1) is 0 Å². The van der Waals surface area contributed by atoms with E-state index in [1.165, 1.54) is 6.07 Å². The molecule has 0 aliphatic rings. The highest BCUT2D eigenvalue weighted by atomic mass is 19.2. The second-order valence-electron chi connectivity index (χ2n) is 3.98. The van der Waals surface area contributed by atoms with E-state index >= 15 is 0 Å². The van der Waals surface area contributed by atoms with E-state index in [1.54, 1.807) is 0 Å². The van der Waals surface area contributed by atoms with Crippen molar-refractivity contribution in [3.05, 3.63) is 58.9 Å². The lowest BCUT2D eigenvalue weighted by Crippen LogP contribution is -2.04. The minimum atomic E-state index is -1.66. The standard InChI is InChI=1S/C13H8F5NO/c14-7-1-6(2-8(19)3-7)5-20-13-11(17)9(15)4-10(16)12(13)18/h1-4H,5,19H2. The molecule has 0 aromatic heterocycles. The lowest BCUT2D eigenvalue weighted by atomic mass is 10.2. The third-order valence-electron chi connectivity index (χ3n) is 2.43. The van der Waals surface area contributed by atoms with Crippen molar-refractivity contribution < 1.29 is 26.7 Å². The fourth-order valence-corrected chi connectivity index (χ4v) is 1.59. The number of anilines is 1. The molecule has 0 radical (unpaired) electrons. The van der Waals surface area contributed by atoms with Crippen LogP contribution in [0.4, 0.5) is 27.6 Å². The Bertz CT molecular complexity index is 613. The van der Waals surface area contributed by atoms with Crippen LogP contribution in [0.2, 0.25) is 0 Å².